The molecular weight excluding hydrogens is 353 g/mol. The van der Waals surface area contributed by atoms with Crippen LogP contribution in [0.15, 0.2) is 12.1 Å². The molecule has 1 atom stereocenters. The van der Waals surface area contributed by atoms with E-state index in [1.54, 1.807) is 0 Å². The van der Waals surface area contributed by atoms with Crippen LogP contribution < -0.4 is 0 Å². The summed E-state index contributed by atoms with van der Waals surface area (Å²) in [5.74, 6) is -2.17. The van der Waals surface area contributed by atoms with Crippen molar-refractivity contribution in [2.24, 2.45) is 5.92 Å². The molecule has 7 heteroatoms. The lowest BCUT2D eigenvalue weighted by Crippen LogP contribution is -2.46. The molecule has 0 unspecified atom stereocenters. The average molecular weight is 370 g/mol. The number of carboxylic acid groups (broad SMARTS) is 1. The standard InChI is InChI=1S/C17H17Cl2NO4/c18-12-7-10-11(8-13(12)19)16(22)20(15(10)21)14(17(23)24)6-9-4-2-1-3-5-9/h7-9,14H,1-6H2,(H,23,24)/t14-/m0/s1. The first kappa shape index (κ1) is 17.2. The maximum absolute atomic E-state index is 12.6. The molecule has 1 aliphatic carbocycles. The normalized spacial score (nSPS) is 19.5. The summed E-state index contributed by atoms with van der Waals surface area (Å²) in [5.41, 5.74) is 0.230. The highest BCUT2D eigenvalue weighted by atomic mass is 35.5. The Morgan fingerprint density at radius 2 is 1.58 bits per heavy atom. The van der Waals surface area contributed by atoms with Gasteiger partial charge in [-0.15, -0.1) is 0 Å². The minimum Gasteiger partial charge on any atom is -0.480 e. The Morgan fingerprint density at radius 3 is 2.04 bits per heavy atom. The largest absolute Gasteiger partial charge is 0.480 e. The first-order chi connectivity index (χ1) is 11.4. The van der Waals surface area contributed by atoms with Gasteiger partial charge in [0.05, 0.1) is 21.2 Å². The molecule has 2 aliphatic rings. The fraction of sp³-hybridized carbons (Fsp3) is 0.471. The molecule has 1 heterocycles. The SMILES string of the molecule is O=C(O)[C@H](CC1CCCCC1)N1C(=O)c2cc(Cl)c(Cl)cc2C1=O. The number of amides is 2. The van der Waals surface area contributed by atoms with E-state index < -0.39 is 23.8 Å². The van der Waals surface area contributed by atoms with E-state index in [0.29, 0.717) is 6.42 Å². The Balaban J connectivity index is 1.90. The van der Waals surface area contributed by atoms with Crippen LogP contribution in [0.25, 0.3) is 0 Å². The van der Waals surface area contributed by atoms with E-state index in [1.807, 2.05) is 0 Å². The van der Waals surface area contributed by atoms with Gasteiger partial charge in [-0.25, -0.2) is 4.79 Å². The third-order valence-electron chi connectivity index (χ3n) is 4.84. The number of carbonyl (C=O) groups excluding carboxylic acids is 2. The van der Waals surface area contributed by atoms with Crippen LogP contribution >= 0.6 is 23.2 Å². The molecule has 1 fully saturated rings. The van der Waals surface area contributed by atoms with Crippen molar-refractivity contribution in [1.29, 1.82) is 0 Å². The van der Waals surface area contributed by atoms with Crippen LogP contribution in [0.5, 0.6) is 0 Å². The molecule has 3 rings (SSSR count). The summed E-state index contributed by atoms with van der Waals surface area (Å²) in [7, 11) is 0. The molecule has 0 spiro atoms. The predicted molar refractivity (Wildman–Crippen MR) is 89.6 cm³/mol. The van der Waals surface area contributed by atoms with Gasteiger partial charge in [0.1, 0.15) is 6.04 Å². The molecule has 0 bridgehead atoms. The zero-order valence-electron chi connectivity index (χ0n) is 12.9. The number of fused-ring (bicyclic) bond motifs is 1. The van der Waals surface area contributed by atoms with Crippen molar-refractivity contribution in [2.75, 3.05) is 0 Å². The van der Waals surface area contributed by atoms with Gasteiger partial charge in [0.25, 0.3) is 11.8 Å². The summed E-state index contributed by atoms with van der Waals surface area (Å²) in [6.45, 7) is 0. The van der Waals surface area contributed by atoms with E-state index >= 15 is 0 Å². The lowest BCUT2D eigenvalue weighted by atomic mass is 9.84. The maximum Gasteiger partial charge on any atom is 0.326 e. The highest BCUT2D eigenvalue weighted by Gasteiger charge is 2.44. The van der Waals surface area contributed by atoms with Gasteiger partial charge in [-0.1, -0.05) is 55.3 Å². The molecule has 1 saturated carbocycles. The highest BCUT2D eigenvalue weighted by molar-refractivity contribution is 6.43. The van der Waals surface area contributed by atoms with Gasteiger partial charge in [0.2, 0.25) is 0 Å². The third-order valence-corrected chi connectivity index (χ3v) is 5.56. The number of imide groups is 1. The van der Waals surface area contributed by atoms with E-state index in [2.05, 4.69) is 0 Å². The summed E-state index contributed by atoms with van der Waals surface area (Å²) < 4.78 is 0. The van der Waals surface area contributed by atoms with Crippen molar-refractivity contribution >= 4 is 41.0 Å². The van der Waals surface area contributed by atoms with E-state index in [4.69, 9.17) is 23.2 Å². The van der Waals surface area contributed by atoms with Crippen LogP contribution in [0, 0.1) is 5.92 Å². The van der Waals surface area contributed by atoms with Crippen LogP contribution in [0.2, 0.25) is 10.0 Å². The summed E-state index contributed by atoms with van der Waals surface area (Å²) in [6, 6.07) is 1.51. The molecule has 0 saturated heterocycles. The van der Waals surface area contributed by atoms with Crippen LogP contribution in [0.4, 0.5) is 0 Å². The molecule has 0 radical (unpaired) electrons. The highest BCUT2D eigenvalue weighted by Crippen LogP contribution is 2.35. The number of benzene rings is 1. The van der Waals surface area contributed by atoms with Gasteiger partial charge in [0, 0.05) is 0 Å². The Kier molecular flexibility index (Phi) is 4.83. The fourth-order valence-electron chi connectivity index (χ4n) is 3.59. The van der Waals surface area contributed by atoms with Gasteiger partial charge in [-0.3, -0.25) is 14.5 Å². The van der Waals surface area contributed by atoms with Gasteiger partial charge in [-0.2, -0.15) is 0 Å². The van der Waals surface area contributed by atoms with E-state index in [-0.39, 0.29) is 27.1 Å². The van der Waals surface area contributed by atoms with Gasteiger partial charge < -0.3 is 5.11 Å². The second-order valence-corrected chi connectivity index (χ2v) is 7.20. The minimum atomic E-state index is -1.16. The average Bonchev–Trinajstić information content (AvgIpc) is 2.78. The lowest BCUT2D eigenvalue weighted by Gasteiger charge is -2.28. The molecule has 1 aromatic rings. The summed E-state index contributed by atoms with van der Waals surface area (Å²) in [4.78, 5) is 37.8. The topological polar surface area (TPSA) is 74.7 Å². The Morgan fingerprint density at radius 1 is 1.08 bits per heavy atom. The summed E-state index contributed by atoms with van der Waals surface area (Å²) in [5, 5.41) is 9.92. The number of carboxylic acids is 1. The minimum absolute atomic E-state index is 0.115. The second-order valence-electron chi connectivity index (χ2n) is 6.39. The van der Waals surface area contributed by atoms with E-state index in [0.717, 1.165) is 37.0 Å². The number of carbonyl (C=O) groups is 3. The first-order valence-corrected chi connectivity index (χ1v) is 8.75. The van der Waals surface area contributed by atoms with Gasteiger partial charge in [-0.05, 0) is 24.5 Å². The summed E-state index contributed by atoms with van der Waals surface area (Å²) >= 11 is 11.8. The Bertz CT molecular complexity index is 672. The number of halogens is 2. The zero-order valence-corrected chi connectivity index (χ0v) is 14.4. The van der Waals surface area contributed by atoms with Crippen molar-refractivity contribution in [3.8, 4) is 0 Å². The third kappa shape index (κ3) is 3.03. The Labute approximate surface area is 149 Å². The van der Waals surface area contributed by atoms with Crippen molar-refractivity contribution < 1.29 is 19.5 Å². The van der Waals surface area contributed by atoms with Crippen LogP contribution in [-0.4, -0.2) is 33.8 Å². The van der Waals surface area contributed by atoms with Crippen LogP contribution in [-0.2, 0) is 4.79 Å². The van der Waals surface area contributed by atoms with Gasteiger partial charge in [0.15, 0.2) is 0 Å². The molecule has 24 heavy (non-hydrogen) atoms. The number of hydrogen-bond donors (Lipinski definition) is 1. The molecule has 2 amide bonds. The Hall–Kier alpha value is -1.59. The van der Waals surface area contributed by atoms with Crippen LogP contribution in [0.1, 0.15) is 59.2 Å². The van der Waals surface area contributed by atoms with Gasteiger partial charge >= 0.3 is 5.97 Å². The van der Waals surface area contributed by atoms with Crippen molar-refractivity contribution in [3.05, 3.63) is 33.3 Å². The number of rotatable bonds is 4. The summed E-state index contributed by atoms with van der Waals surface area (Å²) in [6.07, 6.45) is 5.43. The smallest absolute Gasteiger partial charge is 0.326 e. The number of aliphatic carboxylic acids is 1. The molecular formula is C17H17Cl2NO4. The van der Waals surface area contributed by atoms with Crippen molar-refractivity contribution in [2.45, 2.75) is 44.6 Å². The maximum atomic E-state index is 12.6. The first-order valence-electron chi connectivity index (χ1n) is 8.00. The fourth-order valence-corrected chi connectivity index (χ4v) is 3.92. The van der Waals surface area contributed by atoms with E-state index in [1.165, 1.54) is 12.1 Å². The van der Waals surface area contributed by atoms with E-state index in [9.17, 15) is 19.5 Å². The zero-order chi connectivity index (χ0) is 17.4. The van der Waals surface area contributed by atoms with Crippen molar-refractivity contribution in [3.63, 3.8) is 0 Å². The number of hydrogen-bond acceptors (Lipinski definition) is 3. The molecule has 1 aliphatic heterocycles. The van der Waals surface area contributed by atoms with Crippen molar-refractivity contribution in [1.82, 2.24) is 4.90 Å². The molecule has 0 aromatic heterocycles. The number of nitrogens with zero attached hydrogens (tertiary/aromatic N) is 1. The lowest BCUT2D eigenvalue weighted by molar-refractivity contribution is -0.142. The predicted octanol–water partition coefficient (Wildman–Crippen LogP) is 4.01. The second kappa shape index (κ2) is 6.73. The molecule has 1 aromatic carbocycles. The quantitative estimate of drug-likeness (QED) is 0.813. The molecule has 128 valence electrons. The molecule has 5 nitrogen and oxygen atoms in total. The van der Waals surface area contributed by atoms with Crippen LogP contribution in [0.3, 0.4) is 0 Å². The molecule has 1 N–H and O–H groups in total. The monoisotopic (exact) mass is 369 g/mol.